The molecule has 0 rings (SSSR count). The maximum atomic E-state index is 12.1. The largest absolute Gasteiger partial charge is 0.481 e. The molecule has 18 heavy (non-hydrogen) atoms. The molecular formula is C12H24N2O4. The number of hydrogen-bond donors (Lipinski definition) is 2. The minimum Gasteiger partial charge on any atom is -0.481 e. The van der Waals surface area contributed by atoms with E-state index >= 15 is 0 Å². The lowest BCUT2D eigenvalue weighted by atomic mass is 10.1. The van der Waals surface area contributed by atoms with Crippen LogP contribution >= 0.6 is 0 Å². The van der Waals surface area contributed by atoms with Gasteiger partial charge in [-0.1, -0.05) is 0 Å². The highest BCUT2D eigenvalue weighted by atomic mass is 16.4. The smallest absolute Gasteiger partial charge is 0.320 e. The van der Waals surface area contributed by atoms with Crippen molar-refractivity contribution in [1.29, 1.82) is 0 Å². The Labute approximate surface area is 108 Å². The second-order valence-electron chi connectivity index (χ2n) is 4.83. The van der Waals surface area contributed by atoms with E-state index in [9.17, 15) is 14.7 Å². The molecule has 0 aliphatic rings. The summed E-state index contributed by atoms with van der Waals surface area (Å²) in [7, 11) is 0. The molecule has 2 N–H and O–H groups in total. The first-order valence-electron chi connectivity index (χ1n) is 6.19. The van der Waals surface area contributed by atoms with Crippen LogP contribution in [0.4, 0.5) is 4.79 Å². The van der Waals surface area contributed by atoms with Crippen molar-refractivity contribution < 1.29 is 19.8 Å². The Morgan fingerprint density at radius 1 is 1.11 bits per heavy atom. The summed E-state index contributed by atoms with van der Waals surface area (Å²) in [5, 5.41) is 18.4. The Hall–Kier alpha value is -1.30. The normalized spacial score (nSPS) is 11.2. The van der Waals surface area contributed by atoms with Gasteiger partial charge < -0.3 is 20.0 Å². The molecule has 0 bridgehead atoms. The molecule has 0 aliphatic heterocycles. The summed E-state index contributed by atoms with van der Waals surface area (Å²) in [5.74, 6) is -0.924. The number of carbonyl (C=O) groups is 2. The number of hydrogen-bond acceptors (Lipinski definition) is 3. The lowest BCUT2D eigenvalue weighted by Crippen LogP contribution is -2.48. The molecule has 0 saturated heterocycles. The van der Waals surface area contributed by atoms with Gasteiger partial charge in [-0.15, -0.1) is 0 Å². The molecule has 0 fully saturated rings. The van der Waals surface area contributed by atoms with Gasteiger partial charge in [0.05, 0.1) is 18.6 Å². The van der Waals surface area contributed by atoms with E-state index in [1.807, 2.05) is 6.92 Å². The molecule has 6 heteroatoms. The number of nitrogens with zero attached hydrogens (tertiary/aromatic N) is 2. The molecule has 0 heterocycles. The first kappa shape index (κ1) is 16.7. The van der Waals surface area contributed by atoms with Crippen LogP contribution in [0.15, 0.2) is 0 Å². The second kappa shape index (κ2) is 7.20. The van der Waals surface area contributed by atoms with Gasteiger partial charge in [-0.05, 0) is 27.7 Å². The third-order valence-electron chi connectivity index (χ3n) is 2.48. The Morgan fingerprint density at radius 2 is 1.61 bits per heavy atom. The third kappa shape index (κ3) is 6.44. The van der Waals surface area contributed by atoms with Crippen LogP contribution in [0, 0.1) is 0 Å². The van der Waals surface area contributed by atoms with Gasteiger partial charge in [-0.3, -0.25) is 4.79 Å². The zero-order valence-electron chi connectivity index (χ0n) is 11.6. The lowest BCUT2D eigenvalue weighted by molar-refractivity contribution is -0.137. The summed E-state index contributed by atoms with van der Waals surface area (Å²) in [4.78, 5) is 25.7. The predicted molar refractivity (Wildman–Crippen MR) is 68.4 cm³/mol. The van der Waals surface area contributed by atoms with E-state index < -0.39 is 11.6 Å². The van der Waals surface area contributed by atoms with E-state index in [2.05, 4.69) is 0 Å². The molecule has 0 radical (unpaired) electrons. The van der Waals surface area contributed by atoms with Crippen molar-refractivity contribution in [2.24, 2.45) is 0 Å². The maximum Gasteiger partial charge on any atom is 0.320 e. The highest BCUT2D eigenvalue weighted by Gasteiger charge is 2.24. The summed E-state index contributed by atoms with van der Waals surface area (Å²) >= 11 is 0. The number of aliphatic hydroxyl groups is 1. The predicted octanol–water partition coefficient (Wildman–Crippen LogP) is 0.996. The molecule has 6 nitrogen and oxygen atoms in total. The van der Waals surface area contributed by atoms with E-state index in [1.54, 1.807) is 20.8 Å². The van der Waals surface area contributed by atoms with Crippen LogP contribution in [-0.4, -0.2) is 63.8 Å². The number of carbonyl (C=O) groups excluding carboxylic acids is 1. The van der Waals surface area contributed by atoms with Gasteiger partial charge in [0.15, 0.2) is 0 Å². The van der Waals surface area contributed by atoms with Crippen molar-refractivity contribution in [3.8, 4) is 0 Å². The van der Waals surface area contributed by atoms with E-state index in [4.69, 9.17) is 5.11 Å². The molecule has 0 aromatic carbocycles. The molecule has 0 atom stereocenters. The van der Waals surface area contributed by atoms with Crippen molar-refractivity contribution >= 4 is 12.0 Å². The Morgan fingerprint density at radius 3 is 1.94 bits per heavy atom. The molecule has 2 amide bonds. The molecule has 0 saturated carbocycles. The summed E-state index contributed by atoms with van der Waals surface area (Å²) in [5.41, 5.74) is -0.960. The van der Waals surface area contributed by atoms with Crippen LogP contribution in [0.3, 0.4) is 0 Å². The first-order valence-corrected chi connectivity index (χ1v) is 6.19. The van der Waals surface area contributed by atoms with Crippen molar-refractivity contribution in [3.05, 3.63) is 0 Å². The standard InChI is InChI=1S/C12H24N2O4/c1-5-13(8-7-10(15)16)11(17)14(6-2)9-12(3,4)18/h18H,5-9H2,1-4H3,(H,15,16). The first-order chi connectivity index (χ1) is 8.21. The molecule has 0 aromatic rings. The van der Waals surface area contributed by atoms with Gasteiger partial charge in [0.1, 0.15) is 0 Å². The fourth-order valence-electron chi connectivity index (χ4n) is 1.60. The Balaban J connectivity index is 4.57. The monoisotopic (exact) mass is 260 g/mol. The van der Waals surface area contributed by atoms with E-state index in [1.165, 1.54) is 9.80 Å². The Bertz CT molecular complexity index is 286. The van der Waals surface area contributed by atoms with Crippen LogP contribution in [0.25, 0.3) is 0 Å². The highest BCUT2D eigenvalue weighted by Crippen LogP contribution is 2.08. The molecule has 0 aromatic heterocycles. The van der Waals surface area contributed by atoms with Crippen molar-refractivity contribution in [2.75, 3.05) is 26.2 Å². The highest BCUT2D eigenvalue weighted by molar-refractivity contribution is 5.75. The van der Waals surface area contributed by atoms with Crippen LogP contribution in [0.5, 0.6) is 0 Å². The summed E-state index contributed by atoms with van der Waals surface area (Å²) in [6, 6.07) is -0.233. The number of carboxylic acid groups (broad SMARTS) is 1. The SMILES string of the molecule is CCN(CCC(=O)O)C(=O)N(CC)CC(C)(C)O. The minimum absolute atomic E-state index is 0.0698. The van der Waals surface area contributed by atoms with Gasteiger partial charge in [0.2, 0.25) is 0 Å². The summed E-state index contributed by atoms with van der Waals surface area (Å²) in [6.07, 6.45) is -0.0698. The van der Waals surface area contributed by atoms with E-state index in [-0.39, 0.29) is 25.5 Å². The van der Waals surface area contributed by atoms with Crippen LogP contribution in [0.1, 0.15) is 34.1 Å². The molecule has 0 spiro atoms. The fourth-order valence-corrected chi connectivity index (χ4v) is 1.60. The Kier molecular flexibility index (Phi) is 6.68. The zero-order valence-corrected chi connectivity index (χ0v) is 11.6. The minimum atomic E-state index is -0.960. The quantitative estimate of drug-likeness (QED) is 0.715. The average Bonchev–Trinajstić information content (AvgIpc) is 2.24. The third-order valence-corrected chi connectivity index (χ3v) is 2.48. The molecular weight excluding hydrogens is 236 g/mol. The maximum absolute atomic E-state index is 12.1. The average molecular weight is 260 g/mol. The van der Waals surface area contributed by atoms with Crippen LogP contribution < -0.4 is 0 Å². The van der Waals surface area contributed by atoms with Gasteiger partial charge in [0, 0.05) is 19.6 Å². The number of urea groups is 1. The number of aliphatic carboxylic acids is 1. The number of likely N-dealkylation sites (N-methyl/N-ethyl adjacent to an activating group) is 1. The zero-order chi connectivity index (χ0) is 14.3. The number of amides is 2. The number of rotatable bonds is 7. The van der Waals surface area contributed by atoms with Gasteiger partial charge in [0.25, 0.3) is 0 Å². The summed E-state index contributed by atoms with van der Waals surface area (Å²) < 4.78 is 0. The van der Waals surface area contributed by atoms with Crippen molar-refractivity contribution in [1.82, 2.24) is 9.80 Å². The van der Waals surface area contributed by atoms with E-state index in [0.717, 1.165) is 0 Å². The van der Waals surface area contributed by atoms with Crippen molar-refractivity contribution in [3.63, 3.8) is 0 Å². The van der Waals surface area contributed by atoms with Gasteiger partial charge >= 0.3 is 12.0 Å². The van der Waals surface area contributed by atoms with Crippen LogP contribution in [-0.2, 0) is 4.79 Å². The van der Waals surface area contributed by atoms with Crippen LogP contribution in [0.2, 0.25) is 0 Å². The van der Waals surface area contributed by atoms with Crippen molar-refractivity contribution in [2.45, 2.75) is 39.7 Å². The van der Waals surface area contributed by atoms with E-state index in [0.29, 0.717) is 13.1 Å². The number of carboxylic acids is 1. The molecule has 106 valence electrons. The van der Waals surface area contributed by atoms with Gasteiger partial charge in [-0.25, -0.2) is 4.79 Å². The lowest BCUT2D eigenvalue weighted by Gasteiger charge is -2.32. The molecule has 0 unspecified atom stereocenters. The summed E-state index contributed by atoms with van der Waals surface area (Å²) in [6.45, 7) is 8.25. The van der Waals surface area contributed by atoms with Gasteiger partial charge in [-0.2, -0.15) is 0 Å². The fraction of sp³-hybridized carbons (Fsp3) is 0.833. The molecule has 0 aliphatic carbocycles. The second-order valence-corrected chi connectivity index (χ2v) is 4.83. The topological polar surface area (TPSA) is 81.1 Å².